The fourth-order valence-electron chi connectivity index (χ4n) is 5.33. The lowest BCUT2D eigenvalue weighted by atomic mass is 9.77. The number of Topliss-reactive ketones (excluding diaryl/α,β-unsaturated/α-hetero) is 1. The van der Waals surface area contributed by atoms with Crippen LogP contribution in [0.4, 0.5) is 10.5 Å². The summed E-state index contributed by atoms with van der Waals surface area (Å²) in [6.45, 7) is 6.14. The molecule has 0 unspecified atom stereocenters. The summed E-state index contributed by atoms with van der Waals surface area (Å²) >= 11 is 3.50. The van der Waals surface area contributed by atoms with E-state index in [1.807, 2.05) is 45.0 Å². The number of ketones is 1. The van der Waals surface area contributed by atoms with Gasteiger partial charge in [0.2, 0.25) is 11.8 Å². The van der Waals surface area contributed by atoms with Crippen molar-refractivity contribution >= 4 is 51.1 Å². The Bertz CT molecular complexity index is 1330. The monoisotopic (exact) mass is 638 g/mol. The van der Waals surface area contributed by atoms with Gasteiger partial charge < -0.3 is 20.7 Å². The minimum absolute atomic E-state index is 0.0951. The summed E-state index contributed by atoms with van der Waals surface area (Å²) in [6.07, 6.45) is 3.34. The highest BCUT2D eigenvalue weighted by Gasteiger charge is 2.31. The van der Waals surface area contributed by atoms with Gasteiger partial charge in [0.15, 0.2) is 0 Å². The van der Waals surface area contributed by atoms with E-state index in [4.69, 9.17) is 4.74 Å². The second-order valence-corrected chi connectivity index (χ2v) is 13.0. The summed E-state index contributed by atoms with van der Waals surface area (Å²) in [4.78, 5) is 54.6. The Morgan fingerprint density at radius 1 is 1.07 bits per heavy atom. The van der Waals surface area contributed by atoms with E-state index in [2.05, 4.69) is 36.9 Å². The van der Waals surface area contributed by atoms with E-state index in [0.29, 0.717) is 30.4 Å². The Kier molecular flexibility index (Phi) is 10.5. The van der Waals surface area contributed by atoms with Crippen molar-refractivity contribution in [3.05, 3.63) is 64.1 Å². The fourth-order valence-corrected chi connectivity index (χ4v) is 5.77. The molecule has 1 saturated carbocycles. The number of nitrogens with zero attached hydrogens (tertiary/aromatic N) is 1. The smallest absolute Gasteiger partial charge is 0.407 e. The zero-order chi connectivity index (χ0) is 30.3. The fraction of sp³-hybridized carbons (Fsp3) is 0.469. The van der Waals surface area contributed by atoms with Gasteiger partial charge in [-0.3, -0.25) is 19.4 Å². The molecule has 1 fully saturated rings. The molecule has 1 heterocycles. The molecule has 0 saturated heterocycles. The number of amides is 3. The van der Waals surface area contributed by atoms with Crippen LogP contribution in [0.2, 0.25) is 0 Å². The van der Waals surface area contributed by atoms with Gasteiger partial charge in [-0.05, 0) is 101 Å². The van der Waals surface area contributed by atoms with Crippen LogP contribution >= 0.6 is 15.9 Å². The number of hydrogen-bond donors (Lipinski definition) is 3. The predicted molar refractivity (Wildman–Crippen MR) is 165 cm³/mol. The van der Waals surface area contributed by atoms with Gasteiger partial charge in [-0.25, -0.2) is 4.79 Å². The number of nitrogens with one attached hydrogen (secondary N) is 3. The van der Waals surface area contributed by atoms with E-state index in [1.165, 1.54) is 0 Å². The second kappa shape index (κ2) is 14.1. The van der Waals surface area contributed by atoms with Crippen molar-refractivity contribution in [1.82, 2.24) is 10.6 Å². The quantitative estimate of drug-likeness (QED) is 0.321. The summed E-state index contributed by atoms with van der Waals surface area (Å²) in [5.41, 5.74) is 1.80. The average Bonchev–Trinajstić information content (AvgIpc) is 3.37. The van der Waals surface area contributed by atoms with Crippen molar-refractivity contribution in [2.75, 3.05) is 18.4 Å². The topological polar surface area (TPSA) is 126 Å². The van der Waals surface area contributed by atoms with Gasteiger partial charge in [-0.2, -0.15) is 0 Å². The number of hydrogen-bond acceptors (Lipinski definition) is 6. The van der Waals surface area contributed by atoms with Crippen molar-refractivity contribution in [1.29, 1.82) is 0 Å². The van der Waals surface area contributed by atoms with Crippen LogP contribution < -0.4 is 16.0 Å². The Labute approximate surface area is 255 Å². The number of carbonyl (C=O) groups excluding carboxylic acids is 4. The second-order valence-electron chi connectivity index (χ2n) is 12.1. The summed E-state index contributed by atoms with van der Waals surface area (Å²) in [7, 11) is 0. The highest BCUT2D eigenvalue weighted by Crippen LogP contribution is 2.31. The van der Waals surface area contributed by atoms with Gasteiger partial charge in [-0.1, -0.05) is 28.1 Å². The Morgan fingerprint density at radius 2 is 1.79 bits per heavy atom. The molecular weight excluding hydrogens is 600 g/mol. The first-order valence-corrected chi connectivity index (χ1v) is 15.2. The minimum Gasteiger partial charge on any atom is -0.444 e. The van der Waals surface area contributed by atoms with Crippen molar-refractivity contribution in [3.8, 4) is 0 Å². The van der Waals surface area contributed by atoms with Crippen LogP contribution in [0.1, 0.15) is 64.0 Å². The highest BCUT2D eigenvalue weighted by molar-refractivity contribution is 9.10. The molecule has 0 bridgehead atoms. The predicted octanol–water partition coefficient (Wildman–Crippen LogP) is 5.41. The minimum atomic E-state index is -0.542. The lowest BCUT2D eigenvalue weighted by molar-refractivity contribution is -0.129. The third kappa shape index (κ3) is 9.51. The number of benzene rings is 2. The third-order valence-electron chi connectivity index (χ3n) is 7.49. The summed E-state index contributed by atoms with van der Waals surface area (Å²) in [6, 6.07) is 14.9. The molecule has 4 rings (SSSR count). The van der Waals surface area contributed by atoms with Gasteiger partial charge in [0.05, 0.1) is 0 Å². The van der Waals surface area contributed by atoms with E-state index in [0.717, 1.165) is 41.3 Å². The molecule has 224 valence electrons. The standard InChI is InChI=1S/C32H39BrN4O5/c1-32(2,3)42-31(41)35-18-20-7-9-22(10-8-20)27(38)17-24(15-21-5-4-6-25(33)16-21)30(40)36-26-13-11-23(12-14-26)29-34-19-28(39)37-29/h4-6,11-14,16,20,22,24H,7-10,15,17-19H2,1-3H3,(H,35,41)(H,36,40)(H,34,37,39)/t20?,22?,24-/m1/s1. The van der Waals surface area contributed by atoms with Gasteiger partial charge >= 0.3 is 6.09 Å². The number of anilines is 1. The molecule has 1 aliphatic carbocycles. The van der Waals surface area contributed by atoms with Crippen LogP contribution in [0.25, 0.3) is 0 Å². The van der Waals surface area contributed by atoms with E-state index in [9.17, 15) is 19.2 Å². The van der Waals surface area contributed by atoms with Crippen LogP contribution in [0.15, 0.2) is 58.0 Å². The molecule has 2 aliphatic rings. The first-order chi connectivity index (χ1) is 19.9. The van der Waals surface area contributed by atoms with Crippen LogP contribution in [0.3, 0.4) is 0 Å². The van der Waals surface area contributed by atoms with E-state index in [1.54, 1.807) is 24.3 Å². The number of aliphatic imine (C=N–C) groups is 1. The van der Waals surface area contributed by atoms with Crippen molar-refractivity contribution in [2.24, 2.45) is 22.7 Å². The lowest BCUT2D eigenvalue weighted by Crippen LogP contribution is -2.37. The maximum atomic E-state index is 13.5. The molecule has 42 heavy (non-hydrogen) atoms. The normalized spacial score (nSPS) is 19.3. The van der Waals surface area contributed by atoms with Crippen LogP contribution in [0, 0.1) is 17.8 Å². The average molecular weight is 640 g/mol. The number of carbonyl (C=O) groups is 4. The van der Waals surface area contributed by atoms with Gasteiger partial charge in [0.1, 0.15) is 23.8 Å². The number of halogens is 1. The molecule has 0 spiro atoms. The number of amidine groups is 1. The zero-order valence-electron chi connectivity index (χ0n) is 24.4. The van der Waals surface area contributed by atoms with Gasteiger partial charge in [0, 0.05) is 40.5 Å². The summed E-state index contributed by atoms with van der Waals surface area (Å²) in [5, 5.41) is 8.54. The molecule has 0 radical (unpaired) electrons. The van der Waals surface area contributed by atoms with Crippen molar-refractivity contribution in [3.63, 3.8) is 0 Å². The molecule has 0 aromatic heterocycles. The maximum absolute atomic E-state index is 13.5. The van der Waals surface area contributed by atoms with Gasteiger partial charge in [-0.15, -0.1) is 0 Å². The Balaban J connectivity index is 1.35. The SMILES string of the molecule is CC(C)(C)OC(=O)NCC1CCC(C(=O)C[C@@H](Cc2cccc(Br)c2)C(=O)Nc2ccc(C3=NCC(=O)N3)cc2)CC1. The van der Waals surface area contributed by atoms with E-state index in [-0.39, 0.29) is 36.5 Å². The largest absolute Gasteiger partial charge is 0.444 e. The lowest BCUT2D eigenvalue weighted by Gasteiger charge is -2.29. The summed E-state index contributed by atoms with van der Waals surface area (Å²) in [5.74, 6) is -0.0563. The summed E-state index contributed by atoms with van der Waals surface area (Å²) < 4.78 is 6.24. The Hall–Kier alpha value is -3.53. The molecule has 9 nitrogen and oxygen atoms in total. The van der Waals surface area contributed by atoms with Crippen molar-refractivity contribution < 1.29 is 23.9 Å². The molecular formula is C32H39BrN4O5. The van der Waals surface area contributed by atoms with Crippen LogP contribution in [-0.2, 0) is 25.5 Å². The zero-order valence-corrected chi connectivity index (χ0v) is 26.0. The first-order valence-electron chi connectivity index (χ1n) is 14.4. The maximum Gasteiger partial charge on any atom is 0.407 e. The van der Waals surface area contributed by atoms with Crippen LogP contribution in [-0.4, -0.2) is 48.2 Å². The number of rotatable bonds is 10. The molecule has 3 amide bonds. The van der Waals surface area contributed by atoms with Gasteiger partial charge in [0.25, 0.3) is 0 Å². The molecule has 2 aromatic carbocycles. The van der Waals surface area contributed by atoms with Crippen molar-refractivity contribution in [2.45, 2.75) is 64.9 Å². The third-order valence-corrected chi connectivity index (χ3v) is 7.98. The molecule has 10 heteroatoms. The Morgan fingerprint density at radius 3 is 2.40 bits per heavy atom. The van der Waals surface area contributed by atoms with E-state index >= 15 is 0 Å². The van der Waals surface area contributed by atoms with Crippen LogP contribution in [0.5, 0.6) is 0 Å². The number of alkyl carbamates (subject to hydrolysis) is 1. The first kappa shape index (κ1) is 31.4. The molecule has 1 aliphatic heterocycles. The number of ether oxygens (including phenoxy) is 1. The highest BCUT2D eigenvalue weighted by atomic mass is 79.9. The van der Waals surface area contributed by atoms with E-state index < -0.39 is 17.6 Å². The molecule has 3 N–H and O–H groups in total. The molecule has 1 atom stereocenters. The molecule has 2 aromatic rings.